The van der Waals surface area contributed by atoms with Crippen LogP contribution in [-0.4, -0.2) is 56.0 Å². The predicted octanol–water partition coefficient (Wildman–Crippen LogP) is 4.50. The fraction of sp³-hybridized carbons (Fsp3) is 0.409. The first-order valence-electron chi connectivity index (χ1n) is 9.80. The van der Waals surface area contributed by atoms with Crippen LogP contribution in [0, 0.1) is 0 Å². The highest BCUT2D eigenvalue weighted by Gasteiger charge is 2.24. The van der Waals surface area contributed by atoms with Gasteiger partial charge in [-0.25, -0.2) is 0 Å². The number of hydrogen-bond acceptors (Lipinski definition) is 4. The van der Waals surface area contributed by atoms with Crippen molar-refractivity contribution in [2.75, 3.05) is 50.0 Å². The van der Waals surface area contributed by atoms with Gasteiger partial charge in [0.1, 0.15) is 0 Å². The van der Waals surface area contributed by atoms with E-state index < -0.39 is 0 Å². The molecule has 0 aliphatic carbocycles. The van der Waals surface area contributed by atoms with Gasteiger partial charge in [0.25, 0.3) is 5.91 Å². The van der Waals surface area contributed by atoms with Gasteiger partial charge in [0.2, 0.25) is 0 Å². The molecule has 1 amide bonds. The molecule has 4 nitrogen and oxygen atoms in total. The van der Waals surface area contributed by atoms with E-state index in [1.165, 1.54) is 5.56 Å². The van der Waals surface area contributed by atoms with Gasteiger partial charge in [-0.2, -0.15) is 11.8 Å². The first-order valence-corrected chi connectivity index (χ1v) is 11.2. The molecule has 0 N–H and O–H groups in total. The minimum Gasteiger partial charge on any atom is -0.378 e. The zero-order valence-electron chi connectivity index (χ0n) is 15.9. The number of anilines is 1. The molecule has 0 unspecified atom stereocenters. The van der Waals surface area contributed by atoms with Crippen LogP contribution in [0.4, 0.5) is 5.69 Å². The number of amides is 1. The first kappa shape index (κ1) is 19.6. The maximum atomic E-state index is 13.0. The van der Waals surface area contributed by atoms with Crippen LogP contribution >= 0.6 is 23.4 Å². The SMILES string of the molecule is O=C(c1ccc(N2CCOCC2)cc1)N1CCS[C@H](c2ccccc2Cl)CC1. The third-order valence-corrected chi connectivity index (χ3v) is 7.03. The summed E-state index contributed by atoms with van der Waals surface area (Å²) in [5.41, 5.74) is 3.10. The van der Waals surface area contributed by atoms with Crippen LogP contribution in [0.5, 0.6) is 0 Å². The number of morpholine rings is 1. The van der Waals surface area contributed by atoms with Crippen molar-refractivity contribution in [3.63, 3.8) is 0 Å². The molecule has 28 heavy (non-hydrogen) atoms. The quantitative estimate of drug-likeness (QED) is 0.737. The van der Waals surface area contributed by atoms with Crippen LogP contribution in [0.15, 0.2) is 48.5 Å². The highest BCUT2D eigenvalue weighted by molar-refractivity contribution is 7.99. The van der Waals surface area contributed by atoms with Gasteiger partial charge in [0, 0.05) is 53.5 Å². The Morgan fingerprint density at radius 1 is 1.00 bits per heavy atom. The molecule has 2 aliphatic rings. The van der Waals surface area contributed by atoms with E-state index >= 15 is 0 Å². The molecular weight excluding hydrogens is 392 g/mol. The molecule has 4 rings (SSSR count). The lowest BCUT2D eigenvalue weighted by Crippen LogP contribution is -2.36. The Bertz CT molecular complexity index is 808. The average Bonchev–Trinajstić information content (AvgIpc) is 3.00. The molecule has 1 atom stereocenters. The molecule has 2 aromatic carbocycles. The highest BCUT2D eigenvalue weighted by atomic mass is 35.5. The Labute approximate surface area is 175 Å². The standard InChI is InChI=1S/C22H25ClN2O2S/c23-20-4-2-1-3-19(20)21-9-10-25(13-16-28-21)22(26)17-5-7-18(8-6-17)24-11-14-27-15-12-24/h1-8,21H,9-16H2/t21-/m0/s1. The second kappa shape index (κ2) is 9.21. The number of halogens is 1. The second-order valence-corrected chi connectivity index (χ2v) is 8.83. The van der Waals surface area contributed by atoms with E-state index in [1.807, 2.05) is 47.0 Å². The molecule has 0 radical (unpaired) electrons. The van der Waals surface area contributed by atoms with Crippen LogP contribution in [0.1, 0.15) is 27.6 Å². The summed E-state index contributed by atoms with van der Waals surface area (Å²) < 4.78 is 5.41. The molecule has 2 saturated heterocycles. The lowest BCUT2D eigenvalue weighted by atomic mass is 10.1. The third-order valence-electron chi connectivity index (χ3n) is 5.37. The number of ether oxygens (including phenoxy) is 1. The van der Waals surface area contributed by atoms with Crippen LogP contribution in [0.25, 0.3) is 0 Å². The third kappa shape index (κ3) is 4.48. The Hall–Kier alpha value is -1.69. The normalized spacial score (nSPS) is 20.7. The molecule has 0 bridgehead atoms. The van der Waals surface area contributed by atoms with E-state index in [0.717, 1.165) is 67.8 Å². The zero-order valence-corrected chi connectivity index (χ0v) is 17.4. The summed E-state index contributed by atoms with van der Waals surface area (Å²) >= 11 is 8.27. The number of nitrogens with zero attached hydrogens (tertiary/aromatic N) is 2. The lowest BCUT2D eigenvalue weighted by molar-refractivity contribution is 0.0766. The van der Waals surface area contributed by atoms with E-state index in [9.17, 15) is 4.79 Å². The van der Waals surface area contributed by atoms with E-state index in [-0.39, 0.29) is 5.91 Å². The first-order chi connectivity index (χ1) is 13.7. The van der Waals surface area contributed by atoms with Crippen molar-refractivity contribution in [1.82, 2.24) is 4.90 Å². The van der Waals surface area contributed by atoms with Crippen molar-refractivity contribution in [1.29, 1.82) is 0 Å². The predicted molar refractivity (Wildman–Crippen MR) is 117 cm³/mol. The van der Waals surface area contributed by atoms with Gasteiger partial charge in [0.15, 0.2) is 0 Å². The van der Waals surface area contributed by atoms with Gasteiger partial charge in [-0.1, -0.05) is 29.8 Å². The molecular formula is C22H25ClN2O2S. The van der Waals surface area contributed by atoms with Gasteiger partial charge in [0.05, 0.1) is 13.2 Å². The molecule has 0 spiro atoms. The summed E-state index contributed by atoms with van der Waals surface area (Å²) in [4.78, 5) is 17.3. The molecule has 148 valence electrons. The maximum absolute atomic E-state index is 13.0. The van der Waals surface area contributed by atoms with Crippen molar-refractivity contribution < 1.29 is 9.53 Å². The molecule has 0 saturated carbocycles. The van der Waals surface area contributed by atoms with Crippen LogP contribution in [0.3, 0.4) is 0 Å². The average molecular weight is 417 g/mol. The molecule has 0 aromatic heterocycles. The Balaban J connectivity index is 1.40. The Kier molecular flexibility index (Phi) is 6.45. The van der Waals surface area contributed by atoms with Crippen molar-refractivity contribution >= 4 is 35.0 Å². The van der Waals surface area contributed by atoms with Crippen molar-refractivity contribution in [2.45, 2.75) is 11.7 Å². The number of thioether (sulfide) groups is 1. The Morgan fingerprint density at radius 3 is 2.50 bits per heavy atom. The molecule has 2 fully saturated rings. The monoisotopic (exact) mass is 416 g/mol. The fourth-order valence-electron chi connectivity index (χ4n) is 3.78. The van der Waals surface area contributed by atoms with Gasteiger partial charge >= 0.3 is 0 Å². The van der Waals surface area contributed by atoms with Gasteiger partial charge < -0.3 is 14.5 Å². The summed E-state index contributed by atoms with van der Waals surface area (Å²) in [7, 11) is 0. The summed E-state index contributed by atoms with van der Waals surface area (Å²) in [6.45, 7) is 4.86. The highest BCUT2D eigenvalue weighted by Crippen LogP contribution is 2.38. The van der Waals surface area contributed by atoms with Crippen molar-refractivity contribution in [3.8, 4) is 0 Å². The summed E-state index contributed by atoms with van der Waals surface area (Å²) in [6, 6.07) is 16.1. The van der Waals surface area contributed by atoms with E-state index in [4.69, 9.17) is 16.3 Å². The van der Waals surface area contributed by atoms with Crippen LogP contribution in [-0.2, 0) is 4.74 Å². The fourth-order valence-corrected chi connectivity index (χ4v) is 5.38. The van der Waals surface area contributed by atoms with Gasteiger partial charge in [-0.15, -0.1) is 0 Å². The van der Waals surface area contributed by atoms with Gasteiger partial charge in [-0.3, -0.25) is 4.79 Å². The number of carbonyl (C=O) groups is 1. The topological polar surface area (TPSA) is 32.8 Å². The van der Waals surface area contributed by atoms with Crippen molar-refractivity contribution in [3.05, 3.63) is 64.7 Å². The second-order valence-electron chi connectivity index (χ2n) is 7.11. The minimum atomic E-state index is 0.119. The minimum absolute atomic E-state index is 0.119. The molecule has 2 heterocycles. The maximum Gasteiger partial charge on any atom is 0.253 e. The lowest BCUT2D eigenvalue weighted by Gasteiger charge is -2.29. The smallest absolute Gasteiger partial charge is 0.253 e. The van der Waals surface area contributed by atoms with Gasteiger partial charge in [-0.05, 0) is 42.3 Å². The molecule has 2 aromatic rings. The van der Waals surface area contributed by atoms with E-state index in [1.54, 1.807) is 0 Å². The summed E-state index contributed by atoms with van der Waals surface area (Å²) in [5, 5.41) is 1.16. The number of benzene rings is 2. The van der Waals surface area contributed by atoms with Crippen molar-refractivity contribution in [2.24, 2.45) is 0 Å². The number of rotatable bonds is 3. The summed E-state index contributed by atoms with van der Waals surface area (Å²) in [5.74, 6) is 1.04. The largest absolute Gasteiger partial charge is 0.378 e. The van der Waals surface area contributed by atoms with Crippen LogP contribution < -0.4 is 4.90 Å². The molecule has 2 aliphatic heterocycles. The molecule has 6 heteroatoms. The Morgan fingerprint density at radius 2 is 1.75 bits per heavy atom. The van der Waals surface area contributed by atoms with Crippen LogP contribution in [0.2, 0.25) is 5.02 Å². The van der Waals surface area contributed by atoms with E-state index in [0.29, 0.717) is 5.25 Å². The number of carbonyl (C=O) groups excluding carboxylic acids is 1. The summed E-state index contributed by atoms with van der Waals surface area (Å²) in [6.07, 6.45) is 0.923. The van der Waals surface area contributed by atoms with E-state index in [2.05, 4.69) is 23.1 Å². The zero-order chi connectivity index (χ0) is 19.3. The number of hydrogen-bond donors (Lipinski definition) is 0.